The monoisotopic (exact) mass is 602 g/mol. The smallest absolute Gasteiger partial charge is 0.404 e. The van der Waals surface area contributed by atoms with E-state index in [1.54, 1.807) is 59.4 Å². The van der Waals surface area contributed by atoms with Gasteiger partial charge in [-0.05, 0) is 49.7 Å². The zero-order valence-corrected chi connectivity index (χ0v) is 23.2. The summed E-state index contributed by atoms with van der Waals surface area (Å²) in [7, 11) is -3.68. The Hall–Kier alpha value is -3.31. The van der Waals surface area contributed by atoms with Crippen molar-refractivity contribution in [1.29, 1.82) is 0 Å². The third-order valence-electron chi connectivity index (χ3n) is 5.39. The lowest BCUT2D eigenvalue weighted by molar-refractivity contribution is 0.0726. The van der Waals surface area contributed by atoms with Gasteiger partial charge in [0.15, 0.2) is 17.8 Å². The van der Waals surface area contributed by atoms with Crippen LogP contribution in [0.5, 0.6) is 5.75 Å². The van der Waals surface area contributed by atoms with Crippen molar-refractivity contribution in [2.45, 2.75) is 26.0 Å². The maximum atomic E-state index is 13.6. The summed E-state index contributed by atoms with van der Waals surface area (Å²) in [6.45, 7) is 2.67. The average Bonchev–Trinajstić information content (AvgIpc) is 3.32. The van der Waals surface area contributed by atoms with Gasteiger partial charge in [-0.25, -0.2) is 19.5 Å². The van der Waals surface area contributed by atoms with Crippen LogP contribution in [0, 0.1) is 0 Å². The zero-order chi connectivity index (χ0) is 27.0. The first-order valence-electron chi connectivity index (χ1n) is 11.9. The molecule has 200 valence electrons. The molecule has 1 amide bonds. The van der Waals surface area contributed by atoms with Gasteiger partial charge in [-0.1, -0.05) is 34.1 Å². The summed E-state index contributed by atoms with van der Waals surface area (Å²) >= 11 is 3.35. The van der Waals surface area contributed by atoms with Crippen LogP contribution in [0.2, 0.25) is 0 Å². The van der Waals surface area contributed by atoms with Crippen molar-refractivity contribution in [2.24, 2.45) is 0 Å². The number of nitrogen functional groups attached to an aromatic ring is 1. The number of aromatic nitrogens is 4. The molecule has 0 bridgehead atoms. The molecule has 0 aliphatic rings. The van der Waals surface area contributed by atoms with E-state index < -0.39 is 7.60 Å². The first kappa shape index (κ1) is 27.7. The molecular weight excluding hydrogens is 575 g/mol. The number of amides is 1. The van der Waals surface area contributed by atoms with Crippen molar-refractivity contribution < 1.29 is 23.1 Å². The predicted octanol–water partition coefficient (Wildman–Crippen LogP) is 4.64. The van der Waals surface area contributed by atoms with Crippen LogP contribution in [0.15, 0.2) is 71.7 Å². The van der Waals surface area contributed by atoms with Gasteiger partial charge in [0.2, 0.25) is 0 Å². The first-order valence-corrected chi connectivity index (χ1v) is 14.4. The molecule has 2 unspecified atom stereocenters. The lowest BCUT2D eigenvalue weighted by Crippen LogP contribution is -2.25. The van der Waals surface area contributed by atoms with Crippen molar-refractivity contribution >= 4 is 46.4 Å². The number of hydrogen-bond donors (Lipinski definition) is 2. The molecule has 0 fully saturated rings. The Kier molecular flexibility index (Phi) is 9.46. The maximum absolute atomic E-state index is 13.6. The lowest BCUT2D eigenvalue weighted by atomic mass is 10.2. The zero-order valence-electron chi connectivity index (χ0n) is 20.7. The first-order chi connectivity index (χ1) is 18.3. The van der Waals surface area contributed by atoms with Gasteiger partial charge in [0.25, 0.3) is 5.91 Å². The van der Waals surface area contributed by atoms with Crippen LogP contribution < -0.4 is 15.6 Å². The van der Waals surface area contributed by atoms with E-state index in [1.807, 2.05) is 13.0 Å². The second-order valence-electron chi connectivity index (χ2n) is 8.40. The highest BCUT2D eigenvalue weighted by atomic mass is 79.9. The molecule has 13 heteroatoms. The SMILES string of the molecule is CC(Cn1cnc2c(N)ncnc21)OCP(=O)(OCCCNC(=O)c1ccc(Br)cc1)Oc1ccccc1. The van der Waals surface area contributed by atoms with E-state index in [1.165, 1.54) is 6.33 Å². The summed E-state index contributed by atoms with van der Waals surface area (Å²) in [6.07, 6.45) is 2.78. The third-order valence-corrected chi connectivity index (χ3v) is 7.45. The van der Waals surface area contributed by atoms with Gasteiger partial charge in [0.05, 0.1) is 25.6 Å². The van der Waals surface area contributed by atoms with Gasteiger partial charge in [-0.15, -0.1) is 0 Å². The fourth-order valence-electron chi connectivity index (χ4n) is 3.49. The quantitative estimate of drug-likeness (QED) is 0.165. The molecule has 2 aromatic heterocycles. The molecule has 3 N–H and O–H groups in total. The number of imidazole rings is 1. The Bertz CT molecular complexity index is 1400. The van der Waals surface area contributed by atoms with Gasteiger partial charge < -0.3 is 24.9 Å². The highest BCUT2D eigenvalue weighted by Gasteiger charge is 2.28. The van der Waals surface area contributed by atoms with Gasteiger partial charge in [0.1, 0.15) is 17.6 Å². The van der Waals surface area contributed by atoms with Crippen molar-refractivity contribution in [3.8, 4) is 5.75 Å². The lowest BCUT2D eigenvalue weighted by Gasteiger charge is -2.22. The van der Waals surface area contributed by atoms with Crippen LogP contribution in [-0.2, 0) is 20.4 Å². The summed E-state index contributed by atoms with van der Waals surface area (Å²) < 4.78 is 33.6. The summed E-state index contributed by atoms with van der Waals surface area (Å²) in [6, 6.07) is 15.8. The molecule has 2 aromatic carbocycles. The summed E-state index contributed by atoms with van der Waals surface area (Å²) in [5.41, 5.74) is 7.50. The summed E-state index contributed by atoms with van der Waals surface area (Å²) in [5, 5.41) is 2.82. The second kappa shape index (κ2) is 13.0. The van der Waals surface area contributed by atoms with Gasteiger partial charge in [0, 0.05) is 16.6 Å². The average molecular weight is 603 g/mol. The number of nitrogens with one attached hydrogen (secondary N) is 1. The van der Waals surface area contributed by atoms with Crippen molar-refractivity contribution in [3.63, 3.8) is 0 Å². The number of ether oxygens (including phenoxy) is 1. The number of carbonyl (C=O) groups excluding carboxylic acids is 1. The molecule has 0 saturated carbocycles. The minimum atomic E-state index is -3.68. The number of nitrogens with zero attached hydrogens (tertiary/aromatic N) is 4. The molecule has 0 radical (unpaired) electrons. The molecule has 0 spiro atoms. The van der Waals surface area contributed by atoms with E-state index in [-0.39, 0.29) is 25.0 Å². The standard InChI is InChI=1S/C25H28BrN6O5P/c1-18(14-32-16-31-22-23(27)29-15-30-24(22)32)35-17-38(34,37-21-6-3-2-4-7-21)36-13-5-12-28-25(33)19-8-10-20(26)11-9-19/h2-4,6-11,15-16,18H,5,12-14,17H2,1H3,(H,28,33)(H2,27,29,30). The number of fused-ring (bicyclic) bond motifs is 1. The van der Waals surface area contributed by atoms with E-state index in [0.717, 1.165) is 4.47 Å². The largest absolute Gasteiger partial charge is 0.423 e. The number of para-hydroxylation sites is 1. The highest BCUT2D eigenvalue weighted by molar-refractivity contribution is 9.10. The van der Waals surface area contributed by atoms with E-state index in [0.29, 0.717) is 47.8 Å². The van der Waals surface area contributed by atoms with Crippen molar-refractivity contribution in [3.05, 3.63) is 77.3 Å². The molecule has 0 saturated heterocycles. The van der Waals surface area contributed by atoms with E-state index >= 15 is 0 Å². The van der Waals surface area contributed by atoms with Crippen LogP contribution in [0.1, 0.15) is 23.7 Å². The number of nitrogens with two attached hydrogens (primary N) is 1. The minimum Gasteiger partial charge on any atom is -0.423 e. The Balaban J connectivity index is 1.31. The Labute approximate surface area is 228 Å². The van der Waals surface area contributed by atoms with E-state index in [9.17, 15) is 9.36 Å². The number of halogens is 1. The molecular formula is C25H28BrN6O5P. The third kappa shape index (κ3) is 7.61. The van der Waals surface area contributed by atoms with Crippen molar-refractivity contribution in [2.75, 3.05) is 25.2 Å². The van der Waals surface area contributed by atoms with Crippen molar-refractivity contribution in [1.82, 2.24) is 24.8 Å². The fourth-order valence-corrected chi connectivity index (χ4v) is 5.23. The predicted molar refractivity (Wildman–Crippen MR) is 147 cm³/mol. The van der Waals surface area contributed by atoms with Crippen LogP contribution in [-0.4, -0.2) is 51.0 Å². The molecule has 0 aliphatic heterocycles. The fraction of sp³-hybridized carbons (Fsp3) is 0.280. The normalized spacial score (nSPS) is 13.6. The number of anilines is 1. The molecule has 0 aliphatic carbocycles. The van der Waals surface area contributed by atoms with Gasteiger partial charge in [-0.3, -0.25) is 9.32 Å². The second-order valence-corrected chi connectivity index (χ2v) is 11.2. The molecule has 2 atom stereocenters. The molecule has 4 aromatic rings. The molecule has 2 heterocycles. The van der Waals surface area contributed by atoms with Crippen LogP contribution in [0.3, 0.4) is 0 Å². The number of carbonyl (C=O) groups is 1. The van der Waals surface area contributed by atoms with E-state index in [4.69, 9.17) is 19.5 Å². The van der Waals surface area contributed by atoms with Crippen LogP contribution >= 0.6 is 23.5 Å². The highest BCUT2D eigenvalue weighted by Crippen LogP contribution is 2.48. The number of rotatable bonds is 13. The molecule has 4 rings (SSSR count). The maximum Gasteiger partial charge on any atom is 0.404 e. The Morgan fingerprint density at radius 3 is 2.66 bits per heavy atom. The van der Waals surface area contributed by atoms with Crippen LogP contribution in [0.4, 0.5) is 5.82 Å². The van der Waals surface area contributed by atoms with Gasteiger partial charge in [-0.2, -0.15) is 0 Å². The molecule has 11 nitrogen and oxygen atoms in total. The topological polar surface area (TPSA) is 143 Å². The summed E-state index contributed by atoms with van der Waals surface area (Å²) in [5.74, 6) is 0.505. The minimum absolute atomic E-state index is 0.102. The van der Waals surface area contributed by atoms with Crippen LogP contribution in [0.25, 0.3) is 11.2 Å². The number of hydrogen-bond acceptors (Lipinski definition) is 9. The molecule has 38 heavy (non-hydrogen) atoms. The summed E-state index contributed by atoms with van der Waals surface area (Å²) in [4.78, 5) is 24.7. The van der Waals surface area contributed by atoms with E-state index in [2.05, 4.69) is 36.2 Å². The Morgan fingerprint density at radius 2 is 1.89 bits per heavy atom. The Morgan fingerprint density at radius 1 is 1.13 bits per heavy atom. The number of benzene rings is 2. The van der Waals surface area contributed by atoms with Gasteiger partial charge >= 0.3 is 7.60 Å².